The summed E-state index contributed by atoms with van der Waals surface area (Å²) in [6, 6.07) is 6.77. The monoisotopic (exact) mass is 592 g/mol. The van der Waals surface area contributed by atoms with Gasteiger partial charge in [0.05, 0.1) is 28.4 Å². The number of allylic oxidation sites excluding steroid dienone is 2. The third-order valence-corrected chi connectivity index (χ3v) is 8.86. The average molecular weight is 593 g/mol. The number of benzene rings is 1. The molecule has 3 N–H and O–H groups in total. The fourth-order valence-electron chi connectivity index (χ4n) is 6.12. The van der Waals surface area contributed by atoms with Crippen LogP contribution in [0.15, 0.2) is 64.9 Å². The molecule has 1 aromatic carbocycles. The first-order valence-electron chi connectivity index (χ1n) is 14.3. The Hall–Kier alpha value is -3.60. The zero-order valence-corrected chi connectivity index (χ0v) is 24.3. The number of anilines is 2. The molecule has 4 atom stereocenters. The molecule has 1 aliphatic carbocycles. The second-order valence-electron chi connectivity index (χ2n) is 11.5. The number of likely N-dealkylation sites (tertiary alicyclic amines) is 1. The van der Waals surface area contributed by atoms with Crippen LogP contribution in [-0.4, -0.2) is 59.9 Å². The molecule has 3 amide bonds. The Morgan fingerprint density at radius 2 is 2.07 bits per heavy atom. The van der Waals surface area contributed by atoms with Crippen molar-refractivity contribution in [2.45, 2.75) is 62.8 Å². The number of methoxy groups -OCH3 is 1. The largest absolute Gasteiger partial charge is 0.380 e. The Balaban J connectivity index is 1.23. The Kier molecular flexibility index (Phi) is 7.87. The minimum atomic E-state index is -0.866. The van der Waals surface area contributed by atoms with Gasteiger partial charge in [0.1, 0.15) is 17.7 Å². The molecule has 3 aliphatic heterocycles. The van der Waals surface area contributed by atoms with E-state index in [1.165, 1.54) is 42.7 Å². The van der Waals surface area contributed by atoms with Crippen molar-refractivity contribution in [1.82, 2.24) is 15.2 Å². The van der Waals surface area contributed by atoms with Gasteiger partial charge in [-0.3, -0.25) is 20.4 Å². The fourth-order valence-corrected chi connectivity index (χ4v) is 6.24. The number of nitrogens with one attached hydrogen (secondary N) is 3. The van der Waals surface area contributed by atoms with Gasteiger partial charge in [0, 0.05) is 38.2 Å². The number of amides is 3. The molecule has 11 heteroatoms. The maximum absolute atomic E-state index is 15.2. The number of fused-ring (bicyclic) bond motifs is 1. The van der Waals surface area contributed by atoms with Gasteiger partial charge in [0.2, 0.25) is 5.91 Å². The average Bonchev–Trinajstić information content (AvgIpc) is 3.72. The maximum Gasteiger partial charge on any atom is 0.323 e. The van der Waals surface area contributed by atoms with Gasteiger partial charge in [-0.25, -0.2) is 14.2 Å². The highest BCUT2D eigenvalue weighted by Crippen LogP contribution is 2.48. The fraction of sp³-hybridized carbons (Fsp3) is 0.419. The molecule has 0 radical (unpaired) electrons. The van der Waals surface area contributed by atoms with Gasteiger partial charge in [-0.1, -0.05) is 30.5 Å². The number of aromatic nitrogens is 1. The van der Waals surface area contributed by atoms with E-state index in [4.69, 9.17) is 16.3 Å². The molecule has 1 saturated carbocycles. The lowest BCUT2D eigenvalue weighted by molar-refractivity contribution is -0.119. The number of aliphatic imine (C=N–C) groups is 1. The first kappa shape index (κ1) is 28.5. The lowest BCUT2D eigenvalue weighted by Gasteiger charge is -2.52. The number of pyridine rings is 1. The summed E-state index contributed by atoms with van der Waals surface area (Å²) in [4.78, 5) is 36.7. The normalized spacial score (nSPS) is 26.5. The summed E-state index contributed by atoms with van der Waals surface area (Å²) in [6.45, 7) is 2.17. The molecular formula is C31H34ClFN6O3. The van der Waals surface area contributed by atoms with Crippen molar-refractivity contribution >= 4 is 41.3 Å². The Morgan fingerprint density at radius 3 is 2.81 bits per heavy atom. The molecule has 2 aromatic rings. The van der Waals surface area contributed by atoms with Crippen molar-refractivity contribution in [1.29, 1.82) is 0 Å². The lowest BCUT2D eigenvalue weighted by atomic mass is 9.68. The molecule has 4 aliphatic rings. The second-order valence-corrected chi connectivity index (χ2v) is 11.9. The van der Waals surface area contributed by atoms with Gasteiger partial charge >= 0.3 is 6.03 Å². The minimum Gasteiger partial charge on any atom is -0.380 e. The van der Waals surface area contributed by atoms with Crippen LogP contribution in [0, 0.1) is 11.7 Å². The predicted molar refractivity (Wildman–Crippen MR) is 160 cm³/mol. The van der Waals surface area contributed by atoms with Gasteiger partial charge in [0.15, 0.2) is 0 Å². The van der Waals surface area contributed by atoms with Crippen molar-refractivity contribution in [3.05, 3.63) is 76.4 Å². The van der Waals surface area contributed by atoms with E-state index in [9.17, 15) is 9.59 Å². The lowest BCUT2D eigenvalue weighted by Crippen LogP contribution is -2.62. The van der Waals surface area contributed by atoms with Crippen LogP contribution in [0.1, 0.15) is 44.6 Å². The molecule has 4 heterocycles. The van der Waals surface area contributed by atoms with E-state index in [0.717, 1.165) is 30.0 Å². The first-order chi connectivity index (χ1) is 20.3. The number of ether oxygens (including phenoxy) is 1. The highest BCUT2D eigenvalue weighted by molar-refractivity contribution is 6.30. The first-order valence-corrected chi connectivity index (χ1v) is 14.7. The number of rotatable bonds is 8. The summed E-state index contributed by atoms with van der Waals surface area (Å²) in [5, 5.41) is 9.64. The van der Waals surface area contributed by atoms with Crippen molar-refractivity contribution in [2.24, 2.45) is 10.9 Å². The standard InChI is InChI=1S/C31H34ClFN6O3/c1-18-13-25-23(10-12-34-18)31(38-25,11-9-19-3-4-19)20-5-7-24(33)26(14-20)36-29(40)27-15-22(42-2)17-39(27)30(41)37-28-8-6-21(32)16-35-28/h5-8,10,12-14,16,19,22,25,27,38H,3-4,9,11,15,17H2,1-2H3,(H,36,40)(H,35,37,41)/t22-,25?,27-,31?/m1/s1. The molecule has 2 saturated heterocycles. The van der Waals surface area contributed by atoms with Crippen molar-refractivity contribution in [3.8, 4) is 0 Å². The molecule has 6 rings (SSSR count). The minimum absolute atomic E-state index is 0.0569. The molecule has 220 valence electrons. The van der Waals surface area contributed by atoms with Gasteiger partial charge in [-0.2, -0.15) is 0 Å². The highest BCUT2D eigenvalue weighted by atomic mass is 35.5. The molecule has 0 bridgehead atoms. The van der Waals surface area contributed by atoms with Crippen LogP contribution in [0.4, 0.5) is 20.7 Å². The van der Waals surface area contributed by atoms with E-state index in [-0.39, 0.29) is 30.8 Å². The third kappa shape index (κ3) is 5.71. The van der Waals surface area contributed by atoms with Crippen LogP contribution in [0.3, 0.4) is 0 Å². The van der Waals surface area contributed by atoms with Crippen LogP contribution in [0.5, 0.6) is 0 Å². The summed E-state index contributed by atoms with van der Waals surface area (Å²) in [6.07, 6.45) is 11.7. The quantitative estimate of drug-likeness (QED) is 0.380. The zero-order valence-electron chi connectivity index (χ0n) is 23.6. The summed E-state index contributed by atoms with van der Waals surface area (Å²) >= 11 is 5.90. The van der Waals surface area contributed by atoms with Gasteiger partial charge in [-0.15, -0.1) is 0 Å². The van der Waals surface area contributed by atoms with E-state index in [2.05, 4.69) is 38.1 Å². The number of urea groups is 1. The van der Waals surface area contributed by atoms with Crippen molar-refractivity contribution < 1.29 is 18.7 Å². The number of carbonyl (C=O) groups excluding carboxylic acids is 2. The summed E-state index contributed by atoms with van der Waals surface area (Å²) in [5.74, 6) is -0.0179. The molecule has 9 nitrogen and oxygen atoms in total. The summed E-state index contributed by atoms with van der Waals surface area (Å²) in [7, 11) is 1.54. The van der Waals surface area contributed by atoms with Crippen molar-refractivity contribution in [2.75, 3.05) is 24.3 Å². The molecule has 42 heavy (non-hydrogen) atoms. The van der Waals surface area contributed by atoms with Crippen LogP contribution < -0.4 is 16.0 Å². The Bertz CT molecular complexity index is 1470. The van der Waals surface area contributed by atoms with Crippen molar-refractivity contribution in [3.63, 3.8) is 0 Å². The molecule has 3 fully saturated rings. The Morgan fingerprint density at radius 1 is 1.24 bits per heavy atom. The molecule has 2 unspecified atom stereocenters. The van der Waals surface area contributed by atoms with E-state index in [1.807, 2.05) is 13.1 Å². The second kappa shape index (κ2) is 11.6. The van der Waals surface area contributed by atoms with Crippen LogP contribution in [-0.2, 0) is 15.1 Å². The number of carbonyl (C=O) groups is 2. The van der Waals surface area contributed by atoms with E-state index >= 15 is 4.39 Å². The van der Waals surface area contributed by atoms with E-state index < -0.39 is 29.3 Å². The van der Waals surface area contributed by atoms with Crippen LogP contribution in [0.25, 0.3) is 0 Å². The highest BCUT2D eigenvalue weighted by Gasteiger charge is 2.50. The van der Waals surface area contributed by atoms with Crippen LogP contribution >= 0.6 is 11.6 Å². The van der Waals surface area contributed by atoms with Gasteiger partial charge in [0.25, 0.3) is 0 Å². The number of hydrogen-bond donors (Lipinski definition) is 3. The van der Waals surface area contributed by atoms with E-state index in [1.54, 1.807) is 24.3 Å². The predicted octanol–water partition coefficient (Wildman–Crippen LogP) is 5.41. The topological polar surface area (TPSA) is 108 Å². The number of hydrogen-bond acceptors (Lipinski definition) is 6. The summed E-state index contributed by atoms with van der Waals surface area (Å²) < 4.78 is 20.7. The van der Waals surface area contributed by atoms with Gasteiger partial charge in [-0.05, 0) is 73.2 Å². The molecule has 0 spiro atoms. The van der Waals surface area contributed by atoms with E-state index in [0.29, 0.717) is 10.8 Å². The SMILES string of the molecule is CO[C@@H]1C[C@H](C(=O)Nc2cc(C3(CCC4CC4)NC4C=C(C)N=CC=C43)ccc2F)N(C(=O)Nc2ccc(Cl)cn2)C1. The summed E-state index contributed by atoms with van der Waals surface area (Å²) in [5.41, 5.74) is 2.61. The Labute approximate surface area is 249 Å². The molecular weight excluding hydrogens is 559 g/mol. The maximum atomic E-state index is 15.2. The number of nitrogens with zero attached hydrogens (tertiary/aromatic N) is 3. The third-order valence-electron chi connectivity index (χ3n) is 8.63. The number of halogens is 2. The van der Waals surface area contributed by atoms with Gasteiger partial charge < -0.3 is 15.0 Å². The smallest absolute Gasteiger partial charge is 0.323 e. The van der Waals surface area contributed by atoms with Crippen LogP contribution in [0.2, 0.25) is 5.02 Å². The zero-order chi connectivity index (χ0) is 29.4. The molecule has 1 aromatic heterocycles.